The summed E-state index contributed by atoms with van der Waals surface area (Å²) in [5.41, 5.74) is 1.69. The summed E-state index contributed by atoms with van der Waals surface area (Å²) in [5.74, 6) is -0.503. The fourth-order valence-corrected chi connectivity index (χ4v) is 2.89. The summed E-state index contributed by atoms with van der Waals surface area (Å²) >= 11 is 1.49. The second-order valence-electron chi connectivity index (χ2n) is 4.28. The first-order valence-corrected chi connectivity index (χ1v) is 6.61. The largest absolute Gasteiger partial charge is 0.487 e. The third-order valence-electron chi connectivity index (χ3n) is 2.99. The summed E-state index contributed by atoms with van der Waals surface area (Å²) in [4.78, 5) is 24.0. The van der Waals surface area contributed by atoms with Crippen LogP contribution in [-0.4, -0.2) is 16.9 Å². The predicted molar refractivity (Wildman–Crippen MR) is 69.9 cm³/mol. The smallest absolute Gasteiger partial charge is 0.307 e. The molecule has 0 saturated heterocycles. The summed E-state index contributed by atoms with van der Waals surface area (Å²) in [6, 6.07) is 6.74. The van der Waals surface area contributed by atoms with Crippen LogP contribution < -0.4 is 4.74 Å². The number of carbonyl (C=O) groups is 2. The molecule has 0 amide bonds. The van der Waals surface area contributed by atoms with Gasteiger partial charge in [-0.25, -0.2) is 0 Å². The molecule has 2 aromatic rings. The van der Waals surface area contributed by atoms with Crippen molar-refractivity contribution in [3.8, 4) is 5.75 Å². The van der Waals surface area contributed by atoms with Crippen LogP contribution in [0.15, 0.2) is 29.6 Å². The number of carbonyl (C=O) groups excluding carboxylic acids is 1. The number of benzene rings is 1. The molecule has 1 aliphatic rings. The third kappa shape index (κ3) is 2.13. The quantitative estimate of drug-likeness (QED) is 0.913. The van der Waals surface area contributed by atoms with Gasteiger partial charge in [-0.2, -0.15) is 0 Å². The van der Waals surface area contributed by atoms with Gasteiger partial charge in [0.2, 0.25) is 0 Å². The Balaban J connectivity index is 2.07. The lowest BCUT2D eigenvalue weighted by Crippen LogP contribution is -2.04. The summed E-state index contributed by atoms with van der Waals surface area (Å²) in [5, 5.41) is 10.7. The van der Waals surface area contributed by atoms with Gasteiger partial charge < -0.3 is 9.84 Å². The maximum absolute atomic E-state index is 12.4. The molecule has 4 nitrogen and oxygen atoms in total. The summed E-state index contributed by atoms with van der Waals surface area (Å²) in [7, 11) is 0. The number of ketones is 1. The minimum absolute atomic E-state index is 0.100. The lowest BCUT2D eigenvalue weighted by atomic mass is 10.0. The first-order chi connectivity index (χ1) is 9.15. The van der Waals surface area contributed by atoms with Gasteiger partial charge in [0.05, 0.1) is 16.9 Å². The van der Waals surface area contributed by atoms with Crippen LogP contribution in [-0.2, 0) is 17.8 Å². The number of carboxylic acid groups (broad SMARTS) is 1. The molecule has 0 radical (unpaired) electrons. The molecule has 5 heteroatoms. The minimum atomic E-state index is -0.918. The molecule has 1 N–H and O–H groups in total. The van der Waals surface area contributed by atoms with Crippen LogP contribution in [0.1, 0.15) is 26.4 Å². The van der Waals surface area contributed by atoms with Crippen LogP contribution in [0, 0.1) is 0 Å². The molecule has 0 aliphatic carbocycles. The molecule has 1 aromatic heterocycles. The maximum atomic E-state index is 12.4. The lowest BCUT2D eigenvalue weighted by molar-refractivity contribution is -0.136. The SMILES string of the molecule is O=C(O)Cc1ccc2c(c1)C(=O)c1ccsc1CO2. The van der Waals surface area contributed by atoms with E-state index in [4.69, 9.17) is 9.84 Å². The Morgan fingerprint density at radius 2 is 2.16 bits per heavy atom. The zero-order valence-corrected chi connectivity index (χ0v) is 10.7. The number of carboxylic acids is 1. The fourth-order valence-electron chi connectivity index (χ4n) is 2.11. The average molecular weight is 274 g/mol. The van der Waals surface area contributed by atoms with Gasteiger partial charge in [0, 0.05) is 5.56 Å². The van der Waals surface area contributed by atoms with Crippen LogP contribution in [0.4, 0.5) is 0 Å². The van der Waals surface area contributed by atoms with Crippen molar-refractivity contribution in [1.82, 2.24) is 0 Å². The van der Waals surface area contributed by atoms with E-state index >= 15 is 0 Å². The van der Waals surface area contributed by atoms with Gasteiger partial charge in [-0.3, -0.25) is 9.59 Å². The topological polar surface area (TPSA) is 63.6 Å². The minimum Gasteiger partial charge on any atom is -0.487 e. The molecule has 0 unspecified atom stereocenters. The number of hydrogen-bond donors (Lipinski definition) is 1. The van der Waals surface area contributed by atoms with E-state index < -0.39 is 5.97 Å². The van der Waals surface area contributed by atoms with Gasteiger partial charge in [-0.05, 0) is 29.1 Å². The van der Waals surface area contributed by atoms with E-state index in [2.05, 4.69) is 0 Å². The molecule has 96 valence electrons. The third-order valence-corrected chi connectivity index (χ3v) is 3.89. The highest BCUT2D eigenvalue weighted by Gasteiger charge is 2.23. The van der Waals surface area contributed by atoms with Gasteiger partial charge >= 0.3 is 5.97 Å². The van der Waals surface area contributed by atoms with Gasteiger partial charge in [0.15, 0.2) is 5.78 Å². The van der Waals surface area contributed by atoms with Crippen molar-refractivity contribution < 1.29 is 19.4 Å². The Hall–Kier alpha value is -2.14. The second kappa shape index (κ2) is 4.51. The molecule has 0 spiro atoms. The van der Waals surface area contributed by atoms with E-state index in [0.29, 0.717) is 29.0 Å². The Morgan fingerprint density at radius 1 is 1.32 bits per heavy atom. The number of aliphatic carboxylic acids is 1. The molecule has 1 aromatic carbocycles. The Labute approximate surface area is 113 Å². The number of rotatable bonds is 2. The second-order valence-corrected chi connectivity index (χ2v) is 5.28. The van der Waals surface area contributed by atoms with Crippen LogP contribution in [0.2, 0.25) is 0 Å². The van der Waals surface area contributed by atoms with Crippen LogP contribution in [0.25, 0.3) is 0 Å². The normalized spacial score (nSPS) is 13.2. The van der Waals surface area contributed by atoms with Crippen molar-refractivity contribution in [3.63, 3.8) is 0 Å². The molecule has 2 heterocycles. The van der Waals surface area contributed by atoms with Crippen LogP contribution >= 0.6 is 11.3 Å². The zero-order chi connectivity index (χ0) is 13.4. The predicted octanol–water partition coefficient (Wildman–Crippen LogP) is 2.50. The monoisotopic (exact) mass is 274 g/mol. The van der Waals surface area contributed by atoms with Gasteiger partial charge in [-0.1, -0.05) is 6.07 Å². The fraction of sp³-hybridized carbons (Fsp3) is 0.143. The van der Waals surface area contributed by atoms with Crippen molar-refractivity contribution in [2.75, 3.05) is 0 Å². The molecular weight excluding hydrogens is 264 g/mol. The maximum Gasteiger partial charge on any atom is 0.307 e. The van der Waals surface area contributed by atoms with Crippen molar-refractivity contribution in [3.05, 3.63) is 51.2 Å². The highest BCUT2D eigenvalue weighted by Crippen LogP contribution is 2.31. The number of fused-ring (bicyclic) bond motifs is 2. The lowest BCUT2D eigenvalue weighted by Gasteiger charge is -2.07. The van der Waals surface area contributed by atoms with Crippen molar-refractivity contribution in [1.29, 1.82) is 0 Å². The molecule has 0 saturated carbocycles. The molecular formula is C14H10O4S. The van der Waals surface area contributed by atoms with Crippen molar-refractivity contribution in [2.45, 2.75) is 13.0 Å². The summed E-state index contributed by atoms with van der Waals surface area (Å²) < 4.78 is 5.61. The van der Waals surface area contributed by atoms with E-state index in [-0.39, 0.29) is 12.2 Å². The van der Waals surface area contributed by atoms with E-state index in [1.165, 1.54) is 11.3 Å². The van der Waals surface area contributed by atoms with Crippen molar-refractivity contribution >= 4 is 23.1 Å². The van der Waals surface area contributed by atoms with Gasteiger partial charge in [-0.15, -0.1) is 11.3 Å². The van der Waals surface area contributed by atoms with E-state index in [1.54, 1.807) is 24.3 Å². The Morgan fingerprint density at radius 3 is 2.95 bits per heavy atom. The van der Waals surface area contributed by atoms with Gasteiger partial charge in [0.1, 0.15) is 12.4 Å². The van der Waals surface area contributed by atoms with E-state index in [1.807, 2.05) is 5.38 Å². The van der Waals surface area contributed by atoms with E-state index in [0.717, 1.165) is 4.88 Å². The van der Waals surface area contributed by atoms with Crippen LogP contribution in [0.5, 0.6) is 5.75 Å². The highest BCUT2D eigenvalue weighted by atomic mass is 32.1. The Bertz CT molecular complexity index is 672. The first kappa shape index (κ1) is 11.9. The number of thiophene rings is 1. The molecule has 19 heavy (non-hydrogen) atoms. The van der Waals surface area contributed by atoms with Gasteiger partial charge in [0.25, 0.3) is 0 Å². The highest BCUT2D eigenvalue weighted by molar-refractivity contribution is 7.10. The molecule has 0 fully saturated rings. The van der Waals surface area contributed by atoms with E-state index in [9.17, 15) is 9.59 Å². The number of ether oxygens (including phenoxy) is 1. The van der Waals surface area contributed by atoms with Crippen LogP contribution in [0.3, 0.4) is 0 Å². The first-order valence-electron chi connectivity index (χ1n) is 5.74. The number of hydrogen-bond acceptors (Lipinski definition) is 4. The molecule has 0 atom stereocenters. The summed E-state index contributed by atoms with van der Waals surface area (Å²) in [6.45, 7) is 0.379. The van der Waals surface area contributed by atoms with Crippen molar-refractivity contribution in [2.24, 2.45) is 0 Å². The standard InChI is InChI=1S/C14H10O4S/c15-13(16)6-8-1-2-11-10(5-8)14(17)9-3-4-19-12(9)7-18-11/h1-5H,6-7H2,(H,15,16). The molecule has 3 rings (SSSR count). The average Bonchev–Trinajstić information content (AvgIpc) is 2.79. The zero-order valence-electron chi connectivity index (χ0n) is 9.88. The Kier molecular flexibility index (Phi) is 2.83. The molecule has 0 bridgehead atoms. The molecule has 1 aliphatic heterocycles. The summed E-state index contributed by atoms with van der Waals surface area (Å²) in [6.07, 6.45) is -0.100.